The highest BCUT2D eigenvalue weighted by Crippen LogP contribution is 2.47. The summed E-state index contributed by atoms with van der Waals surface area (Å²) in [6.07, 6.45) is 9.38. The minimum atomic E-state index is -0.776. The van der Waals surface area contributed by atoms with Gasteiger partial charge in [0.25, 0.3) is 5.91 Å². The second-order valence-corrected chi connectivity index (χ2v) is 12.1. The van der Waals surface area contributed by atoms with Crippen molar-refractivity contribution in [1.29, 1.82) is 0 Å². The number of fused-ring (bicyclic) bond motifs is 3. The molecule has 44 heavy (non-hydrogen) atoms. The number of aryl methyl sites for hydroxylation is 1. The van der Waals surface area contributed by atoms with Crippen LogP contribution in [-0.2, 0) is 39.0 Å². The Bertz CT molecular complexity index is 1840. The number of ether oxygens (including phenoxy) is 1. The second-order valence-electron chi connectivity index (χ2n) is 12.1. The first-order valence-electron chi connectivity index (χ1n) is 15.0. The van der Waals surface area contributed by atoms with Gasteiger partial charge >= 0.3 is 0 Å². The molecule has 0 fully saturated rings. The lowest BCUT2D eigenvalue weighted by molar-refractivity contribution is -0.132. The summed E-state index contributed by atoms with van der Waals surface area (Å²) in [5, 5.41) is 14.1. The molecule has 0 saturated heterocycles. The summed E-state index contributed by atoms with van der Waals surface area (Å²) in [5.41, 5.74) is 6.34. The highest BCUT2D eigenvalue weighted by Gasteiger charge is 2.51. The van der Waals surface area contributed by atoms with Gasteiger partial charge in [-0.15, -0.1) is 0 Å². The number of aromatic nitrogens is 3. The average molecular weight is 591 g/mol. The van der Waals surface area contributed by atoms with Crippen molar-refractivity contribution >= 4 is 40.5 Å². The predicted octanol–water partition coefficient (Wildman–Crippen LogP) is 3.49. The maximum absolute atomic E-state index is 13.8. The van der Waals surface area contributed by atoms with E-state index in [1.165, 1.54) is 0 Å². The van der Waals surface area contributed by atoms with Crippen LogP contribution in [0.4, 0.5) is 5.82 Å². The molecule has 0 saturated carbocycles. The standard InChI is InChI=1S/C34H34N6O4/c1-20-11-22(12-26-19-36-39-29(20)26)14-28-32(42)40(2)8-4-10-44-9-3-5-21-13-27-30(35-18-21)38-33(43)34(27)16-24-7-6-23(31(41)37-28)15-25(24)17-34/h3,5-7,11-13,15,18-19,28H,4,8-10,14,16-17H2,1-2H3,(H,36,39)(H,37,41)(H,35,38,43)/b5-3+/t28-,34+/m1/s1. The number of amides is 3. The Balaban J connectivity index is 1.22. The maximum atomic E-state index is 13.8. The van der Waals surface area contributed by atoms with Crippen molar-refractivity contribution in [3.8, 4) is 0 Å². The van der Waals surface area contributed by atoms with Crippen LogP contribution in [0.3, 0.4) is 0 Å². The number of H-pyrrole nitrogens is 1. The normalized spacial score (nSPS) is 22.7. The minimum absolute atomic E-state index is 0.0765. The van der Waals surface area contributed by atoms with Crippen LogP contribution in [0.5, 0.6) is 0 Å². The number of rotatable bonds is 2. The Morgan fingerprint density at radius 2 is 1.93 bits per heavy atom. The van der Waals surface area contributed by atoms with Gasteiger partial charge in [0.1, 0.15) is 11.9 Å². The average Bonchev–Trinajstić information content (AvgIpc) is 3.71. The largest absolute Gasteiger partial charge is 0.377 e. The van der Waals surface area contributed by atoms with Gasteiger partial charge in [-0.1, -0.05) is 24.3 Å². The molecule has 3 N–H and O–H groups in total. The first-order valence-corrected chi connectivity index (χ1v) is 15.0. The van der Waals surface area contributed by atoms with Gasteiger partial charge in [0.05, 0.1) is 23.7 Å². The van der Waals surface area contributed by atoms with E-state index < -0.39 is 11.5 Å². The maximum Gasteiger partial charge on any atom is 0.251 e. The monoisotopic (exact) mass is 590 g/mol. The molecule has 224 valence electrons. The number of carbonyl (C=O) groups is 3. The zero-order valence-electron chi connectivity index (χ0n) is 24.8. The van der Waals surface area contributed by atoms with E-state index in [0.29, 0.717) is 56.8 Å². The number of pyridine rings is 1. The van der Waals surface area contributed by atoms with Crippen LogP contribution in [0.1, 0.15) is 50.2 Å². The zero-order valence-corrected chi connectivity index (χ0v) is 24.8. The molecule has 7 rings (SSSR count). The third kappa shape index (κ3) is 4.94. The molecule has 1 aliphatic carbocycles. The minimum Gasteiger partial charge on any atom is -0.377 e. The molecule has 10 heteroatoms. The fourth-order valence-electron chi connectivity index (χ4n) is 6.78. The number of nitrogens with one attached hydrogen (secondary N) is 3. The molecule has 2 aromatic heterocycles. The molecule has 4 heterocycles. The van der Waals surface area contributed by atoms with E-state index in [1.807, 2.05) is 49.4 Å². The lowest BCUT2D eigenvalue weighted by Gasteiger charge is -2.25. The Kier molecular flexibility index (Phi) is 7.01. The summed E-state index contributed by atoms with van der Waals surface area (Å²) < 4.78 is 5.80. The van der Waals surface area contributed by atoms with E-state index in [-0.39, 0.29) is 17.7 Å². The molecule has 2 aromatic carbocycles. The molecule has 2 atom stereocenters. The van der Waals surface area contributed by atoms with Crippen molar-refractivity contribution in [3.63, 3.8) is 0 Å². The smallest absolute Gasteiger partial charge is 0.251 e. The Hall–Kier alpha value is -4.83. The molecule has 3 aliphatic rings. The number of hydrogen-bond donors (Lipinski definition) is 3. The van der Waals surface area contributed by atoms with E-state index in [2.05, 4.69) is 25.8 Å². The number of aromatic amines is 1. The van der Waals surface area contributed by atoms with Gasteiger partial charge < -0.3 is 20.3 Å². The molecule has 0 unspecified atom stereocenters. The first kappa shape index (κ1) is 28.0. The zero-order chi connectivity index (χ0) is 30.4. The van der Waals surface area contributed by atoms with Crippen molar-refractivity contribution < 1.29 is 19.1 Å². The second kappa shape index (κ2) is 11.0. The van der Waals surface area contributed by atoms with Gasteiger partial charge in [-0.3, -0.25) is 19.5 Å². The van der Waals surface area contributed by atoms with E-state index in [9.17, 15) is 14.4 Å². The molecule has 4 aromatic rings. The molecule has 2 aliphatic heterocycles. The van der Waals surface area contributed by atoms with Gasteiger partial charge in [-0.2, -0.15) is 5.10 Å². The van der Waals surface area contributed by atoms with E-state index >= 15 is 0 Å². The fraction of sp³-hybridized carbons (Fsp3) is 0.324. The molecule has 3 amide bonds. The summed E-state index contributed by atoms with van der Waals surface area (Å²) in [6, 6.07) is 10.9. The van der Waals surface area contributed by atoms with Gasteiger partial charge in [0, 0.05) is 49.3 Å². The topological polar surface area (TPSA) is 129 Å². The quantitative estimate of drug-likeness (QED) is 0.328. The molecule has 1 spiro atoms. The number of benzene rings is 2. The van der Waals surface area contributed by atoms with Crippen molar-refractivity contribution in [1.82, 2.24) is 25.4 Å². The number of carbonyl (C=O) groups excluding carboxylic acids is 3. The van der Waals surface area contributed by atoms with Crippen LogP contribution < -0.4 is 10.6 Å². The highest BCUT2D eigenvalue weighted by atomic mass is 16.5. The lowest BCUT2D eigenvalue weighted by atomic mass is 9.79. The molecule has 0 radical (unpaired) electrons. The van der Waals surface area contributed by atoms with Crippen molar-refractivity contribution in [2.24, 2.45) is 0 Å². The number of likely N-dealkylation sites (N-methyl/N-ethyl adjacent to an activating group) is 1. The fourth-order valence-corrected chi connectivity index (χ4v) is 6.78. The van der Waals surface area contributed by atoms with Crippen LogP contribution in [-0.4, -0.2) is 70.7 Å². The highest BCUT2D eigenvalue weighted by molar-refractivity contribution is 6.06. The molecular formula is C34H34N6O4. The van der Waals surface area contributed by atoms with Crippen molar-refractivity contribution in [2.75, 3.05) is 32.1 Å². The van der Waals surface area contributed by atoms with Crippen LogP contribution in [0.2, 0.25) is 0 Å². The number of hydrogen-bond acceptors (Lipinski definition) is 6. The van der Waals surface area contributed by atoms with Gasteiger partial charge in [-0.05, 0) is 78.3 Å². The van der Waals surface area contributed by atoms with E-state index in [1.54, 1.807) is 30.4 Å². The summed E-state index contributed by atoms with van der Waals surface area (Å²) in [4.78, 5) is 47.1. The third-order valence-electron chi connectivity index (χ3n) is 9.08. The van der Waals surface area contributed by atoms with Crippen LogP contribution in [0.15, 0.2) is 54.9 Å². The summed E-state index contributed by atoms with van der Waals surface area (Å²) in [5.74, 6) is 0.0154. The lowest BCUT2D eigenvalue weighted by Crippen LogP contribution is -2.49. The summed E-state index contributed by atoms with van der Waals surface area (Å²) >= 11 is 0. The first-order chi connectivity index (χ1) is 21.3. The Labute approximate surface area is 254 Å². The SMILES string of the molecule is Cc1cc(C[C@H]2NC(=O)c3ccc4c(c3)C[C@]3(C4)C(=O)Nc4ncc(cc43)/C=C/COCCCN(C)C2=O)cc2cn[nH]c12. The summed E-state index contributed by atoms with van der Waals surface area (Å²) in [6.45, 7) is 3.39. The van der Waals surface area contributed by atoms with Crippen LogP contribution in [0, 0.1) is 6.92 Å². The molecule has 5 bridgehead atoms. The summed E-state index contributed by atoms with van der Waals surface area (Å²) in [7, 11) is 1.76. The van der Waals surface area contributed by atoms with Gasteiger partial charge in [0.2, 0.25) is 11.8 Å². The predicted molar refractivity (Wildman–Crippen MR) is 166 cm³/mol. The molecular weight excluding hydrogens is 556 g/mol. The van der Waals surface area contributed by atoms with Crippen molar-refractivity contribution in [2.45, 2.75) is 44.1 Å². The Morgan fingerprint density at radius 1 is 1.07 bits per heavy atom. The number of anilines is 1. The third-order valence-corrected chi connectivity index (χ3v) is 9.08. The van der Waals surface area contributed by atoms with Crippen LogP contribution in [0.25, 0.3) is 17.0 Å². The van der Waals surface area contributed by atoms with E-state index in [4.69, 9.17) is 4.74 Å². The van der Waals surface area contributed by atoms with Crippen molar-refractivity contribution in [3.05, 3.63) is 93.8 Å². The van der Waals surface area contributed by atoms with Gasteiger partial charge in [-0.25, -0.2) is 4.98 Å². The van der Waals surface area contributed by atoms with Gasteiger partial charge in [0.15, 0.2) is 0 Å². The number of nitrogens with zero attached hydrogens (tertiary/aromatic N) is 3. The Morgan fingerprint density at radius 3 is 2.82 bits per heavy atom. The van der Waals surface area contributed by atoms with E-state index in [0.717, 1.165) is 44.3 Å². The molecule has 10 nitrogen and oxygen atoms in total. The van der Waals surface area contributed by atoms with Crippen LogP contribution >= 0.6 is 0 Å².